The van der Waals surface area contributed by atoms with Gasteiger partial charge in [0.15, 0.2) is 0 Å². The third kappa shape index (κ3) is 4.60. The smallest absolute Gasteiger partial charge is 0.208 e. The molecule has 0 N–H and O–H groups in total. The van der Waals surface area contributed by atoms with Crippen LogP contribution < -0.4 is 10.3 Å². The molecule has 0 atom stereocenters. The molecule has 0 aliphatic heterocycles. The number of pyridine rings is 1. The van der Waals surface area contributed by atoms with Crippen molar-refractivity contribution in [2.24, 2.45) is 0 Å². The zero-order valence-electron chi connectivity index (χ0n) is 12.2. The van der Waals surface area contributed by atoms with Crippen molar-refractivity contribution < 1.29 is 37.4 Å². The van der Waals surface area contributed by atoms with E-state index in [1.807, 2.05) is 25.3 Å². The van der Waals surface area contributed by atoms with Crippen LogP contribution >= 0.6 is 39.3 Å². The van der Waals surface area contributed by atoms with Gasteiger partial charge >= 0.3 is 0 Å². The summed E-state index contributed by atoms with van der Waals surface area (Å²) in [4.78, 5) is 12.1. The van der Waals surface area contributed by atoms with Crippen molar-refractivity contribution in [1.82, 2.24) is 4.57 Å². The second kappa shape index (κ2) is 9.48. The Labute approximate surface area is 172 Å². The van der Waals surface area contributed by atoms with E-state index in [0.717, 1.165) is 5.56 Å². The number of aromatic nitrogens is 1. The third-order valence-corrected chi connectivity index (χ3v) is 4.14. The molecule has 0 aliphatic rings. The average molecular weight is 477 g/mol. The van der Waals surface area contributed by atoms with Gasteiger partial charge in [0.05, 0.1) is 0 Å². The Morgan fingerprint density at radius 1 is 1.45 bits per heavy atom. The van der Waals surface area contributed by atoms with Gasteiger partial charge in [0.2, 0.25) is 5.56 Å². The maximum absolute atomic E-state index is 12.1. The molecule has 115 valence electrons. The van der Waals surface area contributed by atoms with Gasteiger partial charge in [-0.3, -0.25) is 4.79 Å². The van der Waals surface area contributed by atoms with Crippen LogP contribution in [0.4, 0.5) is 0 Å². The summed E-state index contributed by atoms with van der Waals surface area (Å²) in [5.41, 5.74) is 1.34. The van der Waals surface area contributed by atoms with E-state index < -0.39 is 0 Å². The van der Waals surface area contributed by atoms with Crippen molar-refractivity contribution in [3.05, 3.63) is 50.2 Å². The molecule has 0 fully saturated rings. The maximum atomic E-state index is 12.1. The molecule has 0 bridgehead atoms. The van der Waals surface area contributed by atoms with Crippen molar-refractivity contribution in [2.45, 2.75) is 13.5 Å². The number of ether oxygens (including phenoxy) is 1. The Hall–Kier alpha value is 0.194. The fourth-order valence-corrected chi connectivity index (χ4v) is 2.77. The Balaban J connectivity index is 0.00000242. The first-order valence-corrected chi connectivity index (χ1v) is 8.87. The fraction of sp³-hybridized carbons (Fsp3) is 0.267. The summed E-state index contributed by atoms with van der Waals surface area (Å²) in [5.74, 6) is 1.28. The molecule has 22 heavy (non-hydrogen) atoms. The number of benzene rings is 1. The molecule has 3 nitrogen and oxygen atoms in total. The van der Waals surface area contributed by atoms with Gasteiger partial charge in [-0.05, 0) is 34.8 Å². The molecule has 0 saturated carbocycles. The zero-order valence-corrected chi connectivity index (χ0v) is 18.2. The molecule has 0 unspecified atom stereocenters. The van der Waals surface area contributed by atoms with Crippen molar-refractivity contribution >= 4 is 39.3 Å². The van der Waals surface area contributed by atoms with Gasteiger partial charge in [0.1, 0.15) is 11.7 Å². The van der Waals surface area contributed by atoms with Crippen LogP contribution in [0.25, 0.3) is 11.3 Å². The predicted molar refractivity (Wildman–Crippen MR) is 92.4 cm³/mol. The second-order valence-electron chi connectivity index (χ2n) is 4.23. The van der Waals surface area contributed by atoms with Crippen LogP contribution in [0.15, 0.2) is 33.5 Å². The summed E-state index contributed by atoms with van der Waals surface area (Å²) < 4.78 is 7.64. The van der Waals surface area contributed by atoms with Gasteiger partial charge < -0.3 is 9.30 Å². The molecule has 0 saturated heterocycles. The van der Waals surface area contributed by atoms with Crippen LogP contribution in [0.1, 0.15) is 6.92 Å². The van der Waals surface area contributed by atoms with E-state index in [-0.39, 0.29) is 38.3 Å². The second-order valence-corrected chi connectivity index (χ2v) is 6.30. The topological polar surface area (TPSA) is 31.2 Å². The molecule has 0 aliphatic carbocycles. The van der Waals surface area contributed by atoms with Crippen molar-refractivity contribution in [1.29, 1.82) is 0 Å². The summed E-state index contributed by atoms with van der Waals surface area (Å²) in [6.45, 7) is 2.46. The molecular formula is C15H14BrClNO2SY-. The minimum Gasteiger partial charge on any atom is -0.483 e. The fourth-order valence-electron chi connectivity index (χ4n) is 1.93. The quantitative estimate of drug-likeness (QED) is 0.472. The van der Waals surface area contributed by atoms with E-state index >= 15 is 0 Å². The van der Waals surface area contributed by atoms with Gasteiger partial charge in [0.25, 0.3) is 0 Å². The van der Waals surface area contributed by atoms with E-state index in [2.05, 4.69) is 22.0 Å². The molecule has 1 heterocycles. The molecule has 0 amide bonds. The Kier molecular flexibility index (Phi) is 8.72. The van der Waals surface area contributed by atoms with Crippen LogP contribution in [0.5, 0.6) is 5.75 Å². The van der Waals surface area contributed by atoms with E-state index in [0.29, 0.717) is 33.4 Å². The summed E-state index contributed by atoms with van der Waals surface area (Å²) in [6, 6.07) is 10.2. The number of hydrogen-bond acceptors (Lipinski definition) is 3. The number of thioether (sulfide) groups is 1. The van der Waals surface area contributed by atoms with E-state index in [1.165, 1.54) is 0 Å². The largest absolute Gasteiger partial charge is 0.483 e. The first kappa shape index (κ1) is 20.2. The standard InChI is InChI=1S/C15H14BrClNO2S.Y/c1-3-18-14(7-6-12(16)15(18)19)11-5-4-10(8-13(11)17)20-9-21-2;/h4-6,8H,3,9H2,1-2H3;/q-1;. The molecule has 1 radical (unpaired) electrons. The van der Waals surface area contributed by atoms with Gasteiger partial charge in [-0.2, -0.15) is 12.1 Å². The van der Waals surface area contributed by atoms with Gasteiger partial charge in [-0.25, -0.2) is 0 Å². The van der Waals surface area contributed by atoms with Gasteiger partial charge in [-0.15, -0.1) is 33.8 Å². The van der Waals surface area contributed by atoms with E-state index in [1.54, 1.807) is 28.5 Å². The minimum atomic E-state index is -0.0926. The zero-order chi connectivity index (χ0) is 15.4. The molecular weight excluding hydrogens is 462 g/mol. The van der Waals surface area contributed by atoms with Crippen LogP contribution in [-0.4, -0.2) is 16.8 Å². The van der Waals surface area contributed by atoms with Crippen LogP contribution in [0, 0.1) is 6.07 Å². The predicted octanol–water partition coefficient (Wildman–Crippen LogP) is 4.45. The molecule has 1 aromatic heterocycles. The van der Waals surface area contributed by atoms with Crippen molar-refractivity contribution in [2.75, 3.05) is 12.2 Å². The number of nitrogens with zero attached hydrogens (tertiary/aromatic N) is 1. The van der Waals surface area contributed by atoms with E-state index in [9.17, 15) is 4.79 Å². The van der Waals surface area contributed by atoms with Crippen molar-refractivity contribution in [3.8, 4) is 17.0 Å². The summed E-state index contributed by atoms with van der Waals surface area (Å²) in [7, 11) is 0. The normalized spacial score (nSPS) is 10.2. The monoisotopic (exact) mass is 475 g/mol. The number of halogens is 2. The third-order valence-electron chi connectivity index (χ3n) is 2.91. The molecule has 7 heteroatoms. The molecule has 2 rings (SSSR count). The van der Waals surface area contributed by atoms with Crippen LogP contribution in [0.3, 0.4) is 0 Å². The number of rotatable bonds is 5. The maximum Gasteiger partial charge on any atom is 0.208 e. The van der Waals surface area contributed by atoms with Gasteiger partial charge in [0, 0.05) is 39.3 Å². The minimum absolute atomic E-state index is 0. The molecule has 2 aromatic rings. The Morgan fingerprint density at radius 2 is 2.18 bits per heavy atom. The first-order valence-electron chi connectivity index (χ1n) is 6.31. The summed E-state index contributed by atoms with van der Waals surface area (Å²) in [6.07, 6.45) is 1.96. The van der Waals surface area contributed by atoms with Crippen LogP contribution in [-0.2, 0) is 39.3 Å². The van der Waals surface area contributed by atoms with Gasteiger partial charge in [-0.1, -0.05) is 22.9 Å². The molecule has 0 spiro atoms. The average Bonchev–Trinajstić information content (AvgIpc) is 2.48. The summed E-state index contributed by atoms with van der Waals surface area (Å²) in [5, 5.41) is 0.536. The Bertz CT molecular complexity index is 708. The molecule has 1 aromatic carbocycles. The first-order chi connectivity index (χ1) is 10.1. The Morgan fingerprint density at radius 3 is 2.77 bits per heavy atom. The SMILES string of the molecule is CCn1c(-c2ccc(OCSC)cc2Cl)[c-]cc(Br)c1=O.[Y]. The van der Waals surface area contributed by atoms with E-state index in [4.69, 9.17) is 16.3 Å². The number of hydrogen-bond donors (Lipinski definition) is 0. The van der Waals surface area contributed by atoms with Crippen LogP contribution in [0.2, 0.25) is 5.02 Å². The summed E-state index contributed by atoms with van der Waals surface area (Å²) >= 11 is 11.2. The van der Waals surface area contributed by atoms with Crippen molar-refractivity contribution in [3.63, 3.8) is 0 Å².